The third-order valence-electron chi connectivity index (χ3n) is 2.32. The van der Waals surface area contributed by atoms with Crippen LogP contribution in [-0.4, -0.2) is 19.1 Å². The van der Waals surface area contributed by atoms with E-state index < -0.39 is 0 Å². The molecule has 2 N–H and O–H groups in total. The molecule has 0 unspecified atom stereocenters. The van der Waals surface area contributed by atoms with Gasteiger partial charge in [-0.25, -0.2) is 0 Å². The van der Waals surface area contributed by atoms with E-state index in [-0.39, 0.29) is 0 Å². The summed E-state index contributed by atoms with van der Waals surface area (Å²) in [4.78, 5) is 0. The molecule has 1 aromatic rings. The monoisotopic (exact) mass is 216 g/mol. The molecule has 72 valence electrons. The van der Waals surface area contributed by atoms with Gasteiger partial charge < -0.3 is 10.6 Å². The number of hydrogen-bond donors (Lipinski definition) is 2. The van der Waals surface area contributed by atoms with Crippen molar-refractivity contribution in [3.63, 3.8) is 0 Å². The van der Waals surface area contributed by atoms with Gasteiger partial charge in [-0.2, -0.15) is 0 Å². The summed E-state index contributed by atoms with van der Waals surface area (Å²) in [6.45, 7) is 2.22. The number of nitrogens with one attached hydrogen (secondary N) is 2. The Morgan fingerprint density at radius 1 is 1.46 bits per heavy atom. The van der Waals surface area contributed by atoms with Crippen LogP contribution in [0.25, 0.3) is 0 Å². The van der Waals surface area contributed by atoms with Crippen LogP contribution in [0.3, 0.4) is 0 Å². The standard InChI is InChI=1S/C9H13ClN2S/c10-9-8(3-6-13-9)12-7-1-4-11-5-2-7/h3,6-7,11-12H,1-2,4-5H2. The Morgan fingerprint density at radius 3 is 2.85 bits per heavy atom. The van der Waals surface area contributed by atoms with E-state index in [0.29, 0.717) is 6.04 Å². The number of rotatable bonds is 2. The van der Waals surface area contributed by atoms with E-state index >= 15 is 0 Å². The Bertz CT molecular complexity index is 268. The molecule has 1 fully saturated rings. The predicted octanol–water partition coefficient (Wildman–Crippen LogP) is 2.57. The van der Waals surface area contributed by atoms with Crippen LogP contribution in [0.15, 0.2) is 11.4 Å². The summed E-state index contributed by atoms with van der Waals surface area (Å²) in [5.74, 6) is 0. The van der Waals surface area contributed by atoms with E-state index in [1.807, 2.05) is 5.38 Å². The maximum atomic E-state index is 6.00. The van der Waals surface area contributed by atoms with Crippen molar-refractivity contribution in [2.24, 2.45) is 0 Å². The van der Waals surface area contributed by atoms with Crippen molar-refractivity contribution in [2.75, 3.05) is 18.4 Å². The predicted molar refractivity (Wildman–Crippen MR) is 58.8 cm³/mol. The molecule has 0 aliphatic carbocycles. The minimum atomic E-state index is 0.591. The minimum absolute atomic E-state index is 0.591. The van der Waals surface area contributed by atoms with Gasteiger partial charge in [0, 0.05) is 6.04 Å². The van der Waals surface area contributed by atoms with Gasteiger partial charge in [-0.15, -0.1) is 11.3 Å². The number of anilines is 1. The second-order valence-electron chi connectivity index (χ2n) is 3.28. The van der Waals surface area contributed by atoms with Gasteiger partial charge >= 0.3 is 0 Å². The third-order valence-corrected chi connectivity index (χ3v) is 3.49. The minimum Gasteiger partial charge on any atom is -0.380 e. The molecule has 2 nitrogen and oxygen atoms in total. The van der Waals surface area contributed by atoms with E-state index in [4.69, 9.17) is 11.6 Å². The molecule has 0 aromatic carbocycles. The summed E-state index contributed by atoms with van der Waals surface area (Å²) >= 11 is 7.58. The lowest BCUT2D eigenvalue weighted by atomic mass is 10.1. The normalized spacial score (nSPS) is 18.8. The second kappa shape index (κ2) is 4.31. The Labute approximate surface area is 87.3 Å². The maximum Gasteiger partial charge on any atom is 0.116 e. The molecular formula is C9H13ClN2S. The van der Waals surface area contributed by atoms with E-state index in [0.717, 1.165) is 23.1 Å². The van der Waals surface area contributed by atoms with Crippen LogP contribution in [0.5, 0.6) is 0 Å². The number of thiophene rings is 1. The smallest absolute Gasteiger partial charge is 0.116 e. The van der Waals surface area contributed by atoms with Gasteiger partial charge in [0.15, 0.2) is 0 Å². The lowest BCUT2D eigenvalue weighted by Crippen LogP contribution is -2.35. The molecule has 2 heterocycles. The van der Waals surface area contributed by atoms with Crippen molar-refractivity contribution in [3.8, 4) is 0 Å². The molecule has 0 saturated carbocycles. The summed E-state index contributed by atoms with van der Waals surface area (Å²) in [7, 11) is 0. The number of hydrogen-bond acceptors (Lipinski definition) is 3. The van der Waals surface area contributed by atoms with Gasteiger partial charge in [-0.3, -0.25) is 0 Å². The van der Waals surface area contributed by atoms with Crippen LogP contribution in [-0.2, 0) is 0 Å². The van der Waals surface area contributed by atoms with E-state index in [1.54, 1.807) is 11.3 Å². The molecule has 2 rings (SSSR count). The molecule has 0 amide bonds. The average Bonchev–Trinajstić information content (AvgIpc) is 2.54. The van der Waals surface area contributed by atoms with E-state index in [9.17, 15) is 0 Å². The third kappa shape index (κ3) is 2.36. The highest BCUT2D eigenvalue weighted by Crippen LogP contribution is 2.29. The quantitative estimate of drug-likeness (QED) is 0.794. The second-order valence-corrected chi connectivity index (χ2v) is 4.79. The van der Waals surface area contributed by atoms with Crippen LogP contribution in [0.2, 0.25) is 4.34 Å². The Morgan fingerprint density at radius 2 is 2.23 bits per heavy atom. The van der Waals surface area contributed by atoms with Gasteiger partial charge in [-0.1, -0.05) is 11.6 Å². The first kappa shape index (κ1) is 9.31. The van der Waals surface area contributed by atoms with Crippen LogP contribution >= 0.6 is 22.9 Å². The summed E-state index contributed by atoms with van der Waals surface area (Å²) in [5, 5.41) is 8.83. The van der Waals surface area contributed by atoms with Crippen molar-refractivity contribution in [3.05, 3.63) is 15.8 Å². The van der Waals surface area contributed by atoms with Gasteiger partial charge in [0.1, 0.15) is 4.34 Å². The summed E-state index contributed by atoms with van der Waals surface area (Å²) in [6, 6.07) is 2.64. The van der Waals surface area contributed by atoms with Crippen molar-refractivity contribution in [2.45, 2.75) is 18.9 Å². The van der Waals surface area contributed by atoms with Crippen molar-refractivity contribution in [1.29, 1.82) is 0 Å². The van der Waals surface area contributed by atoms with Crippen LogP contribution < -0.4 is 10.6 Å². The topological polar surface area (TPSA) is 24.1 Å². The average molecular weight is 217 g/mol. The summed E-state index contributed by atoms with van der Waals surface area (Å²) < 4.78 is 0.874. The van der Waals surface area contributed by atoms with Gasteiger partial charge in [0.25, 0.3) is 0 Å². The van der Waals surface area contributed by atoms with E-state index in [1.165, 1.54) is 12.8 Å². The van der Waals surface area contributed by atoms with E-state index in [2.05, 4.69) is 16.7 Å². The first-order valence-electron chi connectivity index (χ1n) is 4.56. The molecule has 0 atom stereocenters. The fourth-order valence-electron chi connectivity index (χ4n) is 1.58. The summed E-state index contributed by atoms with van der Waals surface area (Å²) in [6.07, 6.45) is 2.37. The molecule has 1 saturated heterocycles. The van der Waals surface area contributed by atoms with Crippen LogP contribution in [0.1, 0.15) is 12.8 Å². The van der Waals surface area contributed by atoms with Gasteiger partial charge in [0.05, 0.1) is 5.69 Å². The fourth-order valence-corrected chi connectivity index (χ4v) is 2.43. The van der Waals surface area contributed by atoms with Gasteiger partial charge in [0.2, 0.25) is 0 Å². The zero-order valence-electron chi connectivity index (χ0n) is 7.35. The van der Waals surface area contributed by atoms with Crippen molar-refractivity contribution in [1.82, 2.24) is 5.32 Å². The first-order chi connectivity index (χ1) is 6.36. The van der Waals surface area contributed by atoms with Crippen molar-refractivity contribution < 1.29 is 0 Å². The highest BCUT2D eigenvalue weighted by molar-refractivity contribution is 7.15. The van der Waals surface area contributed by atoms with Gasteiger partial charge in [-0.05, 0) is 37.4 Å². The highest BCUT2D eigenvalue weighted by Gasteiger charge is 2.13. The number of halogens is 1. The summed E-state index contributed by atoms with van der Waals surface area (Å²) in [5.41, 5.74) is 1.10. The fraction of sp³-hybridized carbons (Fsp3) is 0.556. The van der Waals surface area contributed by atoms with Crippen LogP contribution in [0, 0.1) is 0 Å². The SMILES string of the molecule is Clc1sccc1NC1CCNCC1. The molecular weight excluding hydrogens is 204 g/mol. The molecule has 1 aromatic heterocycles. The zero-order valence-corrected chi connectivity index (χ0v) is 8.92. The lowest BCUT2D eigenvalue weighted by molar-refractivity contribution is 0.479. The molecule has 4 heteroatoms. The molecule has 1 aliphatic rings. The van der Waals surface area contributed by atoms with Crippen LogP contribution in [0.4, 0.5) is 5.69 Å². The molecule has 0 bridgehead atoms. The Balaban J connectivity index is 1.93. The molecule has 0 radical (unpaired) electrons. The lowest BCUT2D eigenvalue weighted by Gasteiger charge is -2.24. The first-order valence-corrected chi connectivity index (χ1v) is 5.82. The Kier molecular flexibility index (Phi) is 3.09. The molecule has 1 aliphatic heterocycles. The molecule has 13 heavy (non-hydrogen) atoms. The largest absolute Gasteiger partial charge is 0.380 e. The number of piperidine rings is 1. The highest BCUT2D eigenvalue weighted by atomic mass is 35.5. The Hall–Kier alpha value is -0.250. The van der Waals surface area contributed by atoms with Crippen molar-refractivity contribution >= 4 is 28.6 Å². The molecule has 0 spiro atoms. The maximum absolute atomic E-state index is 6.00. The zero-order chi connectivity index (χ0) is 9.10.